The lowest BCUT2D eigenvalue weighted by Gasteiger charge is -2.06. The summed E-state index contributed by atoms with van der Waals surface area (Å²) in [6.07, 6.45) is 0. The molecule has 0 saturated carbocycles. The number of esters is 1. The highest BCUT2D eigenvalue weighted by Gasteiger charge is 2.18. The minimum Gasteiger partial charge on any atom is -0.497 e. The molecule has 0 spiro atoms. The second-order valence-corrected chi connectivity index (χ2v) is 6.79. The van der Waals surface area contributed by atoms with Gasteiger partial charge in [0.15, 0.2) is 0 Å². The summed E-state index contributed by atoms with van der Waals surface area (Å²) in [5, 5.41) is 3.92. The van der Waals surface area contributed by atoms with E-state index in [9.17, 15) is 9.59 Å². The standard InChI is InChI=1S/C19H16ClNO4S/c1-3-25-19(23)11-5-4-6-12(9-11)21-18(22)17-16(20)14-10-13(24-2)7-8-15(14)26-17/h4-10H,3H2,1-2H3,(H,21,22). The SMILES string of the molecule is CCOC(=O)c1cccc(NC(=O)c2sc3ccc(OC)cc3c2Cl)c1. The Morgan fingerprint density at radius 2 is 2.00 bits per heavy atom. The molecule has 5 nitrogen and oxygen atoms in total. The quantitative estimate of drug-likeness (QED) is 0.624. The van der Waals surface area contributed by atoms with Crippen LogP contribution in [0.3, 0.4) is 0 Å². The lowest BCUT2D eigenvalue weighted by atomic mass is 10.2. The molecule has 0 bridgehead atoms. The van der Waals surface area contributed by atoms with E-state index in [1.165, 1.54) is 11.3 Å². The van der Waals surface area contributed by atoms with Gasteiger partial charge in [0.1, 0.15) is 10.6 Å². The van der Waals surface area contributed by atoms with Crippen LogP contribution in [-0.2, 0) is 4.74 Å². The smallest absolute Gasteiger partial charge is 0.338 e. The first-order valence-corrected chi connectivity index (χ1v) is 9.07. The Kier molecular flexibility index (Phi) is 5.44. The Morgan fingerprint density at radius 1 is 1.19 bits per heavy atom. The lowest BCUT2D eigenvalue weighted by Crippen LogP contribution is -2.12. The summed E-state index contributed by atoms with van der Waals surface area (Å²) >= 11 is 7.69. The van der Waals surface area contributed by atoms with Gasteiger partial charge in [-0.25, -0.2) is 4.79 Å². The fraction of sp³-hybridized carbons (Fsp3) is 0.158. The molecule has 0 radical (unpaired) electrons. The van der Waals surface area contributed by atoms with Gasteiger partial charge in [-0.2, -0.15) is 0 Å². The van der Waals surface area contributed by atoms with Crippen LogP contribution in [0.25, 0.3) is 10.1 Å². The maximum Gasteiger partial charge on any atom is 0.338 e. The van der Waals surface area contributed by atoms with Crippen molar-refractivity contribution in [1.82, 2.24) is 0 Å². The summed E-state index contributed by atoms with van der Waals surface area (Å²) in [4.78, 5) is 24.9. The van der Waals surface area contributed by atoms with Crippen LogP contribution in [0.1, 0.15) is 27.0 Å². The number of halogens is 1. The minimum absolute atomic E-state index is 0.288. The summed E-state index contributed by atoms with van der Waals surface area (Å²) in [5.74, 6) is -0.0990. The molecule has 1 heterocycles. The van der Waals surface area contributed by atoms with Gasteiger partial charge in [-0.05, 0) is 43.3 Å². The van der Waals surface area contributed by atoms with Gasteiger partial charge < -0.3 is 14.8 Å². The van der Waals surface area contributed by atoms with Crippen molar-refractivity contribution in [2.75, 3.05) is 19.0 Å². The molecule has 0 aliphatic heterocycles. The van der Waals surface area contributed by atoms with Crippen LogP contribution >= 0.6 is 22.9 Å². The van der Waals surface area contributed by atoms with Crippen LogP contribution in [-0.4, -0.2) is 25.6 Å². The van der Waals surface area contributed by atoms with Crippen molar-refractivity contribution in [2.24, 2.45) is 0 Å². The molecule has 0 aliphatic carbocycles. The Labute approximate surface area is 159 Å². The second-order valence-electron chi connectivity index (χ2n) is 5.36. The molecule has 3 rings (SSSR count). The molecule has 0 aliphatic rings. The molecule has 0 atom stereocenters. The first-order valence-electron chi connectivity index (χ1n) is 7.88. The number of rotatable bonds is 5. The predicted molar refractivity (Wildman–Crippen MR) is 104 cm³/mol. The predicted octanol–water partition coefficient (Wildman–Crippen LogP) is 4.99. The molecule has 0 fully saturated rings. The van der Waals surface area contributed by atoms with Gasteiger partial charge in [0.2, 0.25) is 0 Å². The first-order chi connectivity index (χ1) is 12.5. The number of hydrogen-bond acceptors (Lipinski definition) is 5. The molecule has 1 aromatic heterocycles. The maximum absolute atomic E-state index is 12.6. The van der Waals surface area contributed by atoms with Gasteiger partial charge in [-0.1, -0.05) is 17.7 Å². The van der Waals surface area contributed by atoms with Gasteiger partial charge in [0, 0.05) is 15.8 Å². The van der Waals surface area contributed by atoms with Crippen molar-refractivity contribution in [3.8, 4) is 5.75 Å². The molecular formula is C19H16ClNO4S. The lowest BCUT2D eigenvalue weighted by molar-refractivity contribution is 0.0526. The zero-order valence-corrected chi connectivity index (χ0v) is 15.7. The number of anilines is 1. The van der Waals surface area contributed by atoms with E-state index in [1.54, 1.807) is 44.4 Å². The van der Waals surface area contributed by atoms with Crippen molar-refractivity contribution in [1.29, 1.82) is 0 Å². The van der Waals surface area contributed by atoms with Crippen molar-refractivity contribution in [3.63, 3.8) is 0 Å². The monoisotopic (exact) mass is 389 g/mol. The second kappa shape index (κ2) is 7.76. The first kappa shape index (κ1) is 18.2. The molecule has 2 aromatic carbocycles. The molecule has 1 N–H and O–H groups in total. The molecule has 0 unspecified atom stereocenters. The molecule has 3 aromatic rings. The van der Waals surface area contributed by atoms with Gasteiger partial charge in [-0.3, -0.25) is 4.79 Å². The van der Waals surface area contributed by atoms with Gasteiger partial charge >= 0.3 is 5.97 Å². The number of nitrogens with one attached hydrogen (secondary N) is 1. The summed E-state index contributed by atoms with van der Waals surface area (Å²) in [6, 6.07) is 12.1. The molecule has 26 heavy (non-hydrogen) atoms. The number of methoxy groups -OCH3 is 1. The number of hydrogen-bond donors (Lipinski definition) is 1. The van der Waals surface area contributed by atoms with E-state index < -0.39 is 5.97 Å². The highest BCUT2D eigenvalue weighted by molar-refractivity contribution is 7.21. The third-order valence-corrected chi connectivity index (χ3v) is 5.35. The fourth-order valence-electron chi connectivity index (χ4n) is 2.45. The normalized spacial score (nSPS) is 10.6. The number of amides is 1. The summed E-state index contributed by atoms with van der Waals surface area (Å²) in [5.41, 5.74) is 0.864. The molecule has 0 saturated heterocycles. The Hall–Kier alpha value is -2.57. The van der Waals surface area contributed by atoms with E-state index in [0.29, 0.717) is 26.9 Å². The van der Waals surface area contributed by atoms with Gasteiger partial charge in [0.05, 0.1) is 24.3 Å². The number of thiophene rings is 1. The van der Waals surface area contributed by atoms with Gasteiger partial charge in [-0.15, -0.1) is 11.3 Å². The van der Waals surface area contributed by atoms with E-state index >= 15 is 0 Å². The zero-order valence-electron chi connectivity index (χ0n) is 14.2. The van der Waals surface area contributed by atoms with Crippen molar-refractivity contribution in [2.45, 2.75) is 6.92 Å². The van der Waals surface area contributed by atoms with Crippen LogP contribution in [0.15, 0.2) is 42.5 Å². The van der Waals surface area contributed by atoms with Crippen molar-refractivity contribution < 1.29 is 19.1 Å². The van der Waals surface area contributed by atoms with E-state index in [2.05, 4.69) is 5.32 Å². The van der Waals surface area contributed by atoms with Crippen molar-refractivity contribution >= 4 is 50.6 Å². The molecule has 7 heteroatoms. The fourth-order valence-corrected chi connectivity index (χ4v) is 3.83. The summed E-state index contributed by atoms with van der Waals surface area (Å²) in [6.45, 7) is 2.03. The molecule has 1 amide bonds. The maximum atomic E-state index is 12.6. The zero-order chi connectivity index (χ0) is 18.7. The number of carbonyl (C=O) groups excluding carboxylic acids is 2. The molecular weight excluding hydrogens is 374 g/mol. The highest BCUT2D eigenvalue weighted by atomic mass is 35.5. The number of benzene rings is 2. The number of carbonyl (C=O) groups is 2. The number of ether oxygens (including phenoxy) is 2. The van der Waals surface area contributed by atoms with Crippen LogP contribution in [0.2, 0.25) is 5.02 Å². The Bertz CT molecular complexity index is 983. The third-order valence-electron chi connectivity index (χ3n) is 3.67. The minimum atomic E-state index is -0.435. The summed E-state index contributed by atoms with van der Waals surface area (Å²) in [7, 11) is 1.57. The topological polar surface area (TPSA) is 64.6 Å². The molecule has 134 valence electrons. The average molecular weight is 390 g/mol. The van der Waals surface area contributed by atoms with Crippen LogP contribution in [0.4, 0.5) is 5.69 Å². The Balaban J connectivity index is 1.86. The number of fused-ring (bicyclic) bond motifs is 1. The van der Waals surface area contributed by atoms with Crippen LogP contribution in [0, 0.1) is 0 Å². The van der Waals surface area contributed by atoms with Crippen LogP contribution in [0.5, 0.6) is 5.75 Å². The van der Waals surface area contributed by atoms with E-state index in [0.717, 1.165) is 10.1 Å². The van der Waals surface area contributed by atoms with E-state index in [-0.39, 0.29) is 12.5 Å². The third kappa shape index (κ3) is 3.66. The average Bonchev–Trinajstić information content (AvgIpc) is 2.98. The van der Waals surface area contributed by atoms with Crippen LogP contribution < -0.4 is 10.1 Å². The van der Waals surface area contributed by atoms with Crippen molar-refractivity contribution in [3.05, 3.63) is 57.9 Å². The van der Waals surface area contributed by atoms with Gasteiger partial charge in [0.25, 0.3) is 5.91 Å². The van der Waals surface area contributed by atoms with E-state index in [1.807, 2.05) is 12.1 Å². The largest absolute Gasteiger partial charge is 0.497 e. The highest BCUT2D eigenvalue weighted by Crippen LogP contribution is 2.37. The summed E-state index contributed by atoms with van der Waals surface area (Å²) < 4.78 is 11.1. The van der Waals surface area contributed by atoms with E-state index in [4.69, 9.17) is 21.1 Å². The Morgan fingerprint density at radius 3 is 2.73 bits per heavy atom.